The lowest BCUT2D eigenvalue weighted by Gasteiger charge is -2.36. The van der Waals surface area contributed by atoms with Gasteiger partial charge in [-0.05, 0) is 24.7 Å². The number of aldehydes is 1. The zero-order chi connectivity index (χ0) is 19.7. The maximum Gasteiger partial charge on any atom is 0.211 e. The Bertz CT molecular complexity index is 1020. The van der Waals surface area contributed by atoms with E-state index in [0.29, 0.717) is 16.3 Å². The standard InChI is InChI=1S/C22H22ClN3O2/c1-24-10-12-25(13-11-24)26-20-15-17(23)7-8-18(20)19(9-14-27)21(26)22(28)16-5-3-2-4-6-16/h2-8,14-15H,9-13H2,1H3. The third-order valence-corrected chi connectivity index (χ3v) is 5.55. The molecular weight excluding hydrogens is 374 g/mol. The molecule has 1 saturated heterocycles. The van der Waals surface area contributed by atoms with Gasteiger partial charge >= 0.3 is 0 Å². The summed E-state index contributed by atoms with van der Waals surface area (Å²) in [4.78, 5) is 27.2. The molecule has 144 valence electrons. The lowest BCUT2D eigenvalue weighted by atomic mass is 10.0. The second-order valence-corrected chi connectivity index (χ2v) is 7.56. The molecular formula is C22H22ClN3O2. The molecule has 3 aromatic rings. The average molecular weight is 396 g/mol. The van der Waals surface area contributed by atoms with E-state index in [-0.39, 0.29) is 12.2 Å². The summed E-state index contributed by atoms with van der Waals surface area (Å²) in [6.07, 6.45) is 1.05. The summed E-state index contributed by atoms with van der Waals surface area (Å²) in [6.45, 7) is 3.40. The number of benzene rings is 2. The highest BCUT2D eigenvalue weighted by Crippen LogP contribution is 2.31. The SMILES string of the molecule is CN1CCN(n2c(C(=O)c3ccccc3)c(CC=O)c3ccc(Cl)cc32)CC1. The maximum atomic E-state index is 13.5. The minimum absolute atomic E-state index is 0.0799. The van der Waals surface area contributed by atoms with Gasteiger partial charge in [0.2, 0.25) is 5.78 Å². The van der Waals surface area contributed by atoms with Crippen LogP contribution in [0.3, 0.4) is 0 Å². The average Bonchev–Trinajstić information content (AvgIpc) is 3.02. The number of hydrogen-bond acceptors (Lipinski definition) is 4. The van der Waals surface area contributed by atoms with Crippen molar-refractivity contribution >= 4 is 34.6 Å². The number of ketones is 1. The molecule has 6 heteroatoms. The fraction of sp³-hybridized carbons (Fsp3) is 0.273. The van der Waals surface area contributed by atoms with Gasteiger partial charge in [-0.1, -0.05) is 48.0 Å². The van der Waals surface area contributed by atoms with Crippen LogP contribution in [0.1, 0.15) is 21.6 Å². The highest BCUT2D eigenvalue weighted by atomic mass is 35.5. The van der Waals surface area contributed by atoms with E-state index in [1.165, 1.54) is 0 Å². The van der Waals surface area contributed by atoms with E-state index in [1.807, 2.05) is 53.2 Å². The summed E-state index contributed by atoms with van der Waals surface area (Å²) in [6, 6.07) is 14.8. The fourth-order valence-electron chi connectivity index (χ4n) is 3.85. The van der Waals surface area contributed by atoms with E-state index in [1.54, 1.807) is 0 Å². The normalized spacial score (nSPS) is 15.1. The fourth-order valence-corrected chi connectivity index (χ4v) is 4.02. The van der Waals surface area contributed by atoms with Crippen LogP contribution in [-0.4, -0.2) is 54.9 Å². The molecule has 1 aliphatic heterocycles. The Kier molecular flexibility index (Phi) is 5.20. The first-order valence-electron chi connectivity index (χ1n) is 9.40. The summed E-state index contributed by atoms with van der Waals surface area (Å²) in [7, 11) is 2.09. The number of rotatable bonds is 5. The summed E-state index contributed by atoms with van der Waals surface area (Å²) in [5.41, 5.74) is 2.79. The summed E-state index contributed by atoms with van der Waals surface area (Å²) >= 11 is 6.29. The molecule has 0 radical (unpaired) electrons. The Balaban J connectivity index is 1.97. The molecule has 0 spiro atoms. The van der Waals surface area contributed by atoms with Crippen LogP contribution in [0.5, 0.6) is 0 Å². The number of fused-ring (bicyclic) bond motifs is 1. The van der Waals surface area contributed by atoms with Gasteiger partial charge < -0.3 is 14.7 Å². The summed E-state index contributed by atoms with van der Waals surface area (Å²) in [5.74, 6) is -0.0799. The largest absolute Gasteiger partial charge is 0.310 e. The smallest absolute Gasteiger partial charge is 0.211 e. The first-order chi connectivity index (χ1) is 13.6. The quantitative estimate of drug-likeness (QED) is 0.492. The number of piperazine rings is 1. The molecule has 0 aliphatic carbocycles. The second kappa shape index (κ2) is 7.78. The van der Waals surface area contributed by atoms with Crippen molar-refractivity contribution < 1.29 is 9.59 Å². The van der Waals surface area contributed by atoms with Gasteiger partial charge in [0, 0.05) is 48.6 Å². The predicted octanol–water partition coefficient (Wildman–Crippen LogP) is 3.15. The van der Waals surface area contributed by atoms with Crippen LogP contribution in [0.15, 0.2) is 48.5 Å². The van der Waals surface area contributed by atoms with Gasteiger partial charge in [0.15, 0.2) is 0 Å². The zero-order valence-electron chi connectivity index (χ0n) is 15.8. The molecule has 0 amide bonds. The van der Waals surface area contributed by atoms with Crippen molar-refractivity contribution in [1.82, 2.24) is 9.58 Å². The molecule has 28 heavy (non-hydrogen) atoms. The van der Waals surface area contributed by atoms with Gasteiger partial charge in [0.1, 0.15) is 12.0 Å². The molecule has 1 aliphatic rings. The number of halogens is 1. The number of likely N-dealkylation sites (N-methyl/N-ethyl adjacent to an activating group) is 1. The van der Waals surface area contributed by atoms with Crippen molar-refractivity contribution in [3.05, 3.63) is 70.4 Å². The van der Waals surface area contributed by atoms with Crippen molar-refractivity contribution in [2.75, 3.05) is 38.2 Å². The van der Waals surface area contributed by atoms with E-state index in [9.17, 15) is 9.59 Å². The molecule has 0 unspecified atom stereocenters. The van der Waals surface area contributed by atoms with Gasteiger partial charge in [0.25, 0.3) is 0 Å². The minimum atomic E-state index is -0.0799. The predicted molar refractivity (Wildman–Crippen MR) is 112 cm³/mol. The Morgan fingerprint density at radius 1 is 1.07 bits per heavy atom. The van der Waals surface area contributed by atoms with Crippen molar-refractivity contribution in [2.45, 2.75) is 6.42 Å². The molecule has 0 saturated carbocycles. The summed E-state index contributed by atoms with van der Waals surface area (Å²) in [5, 5.41) is 3.69. The van der Waals surface area contributed by atoms with Crippen LogP contribution in [0, 0.1) is 0 Å². The van der Waals surface area contributed by atoms with E-state index >= 15 is 0 Å². The van der Waals surface area contributed by atoms with Crippen molar-refractivity contribution in [3.8, 4) is 0 Å². The molecule has 2 heterocycles. The number of nitrogens with zero attached hydrogens (tertiary/aromatic N) is 3. The maximum absolute atomic E-state index is 13.5. The highest BCUT2D eigenvalue weighted by molar-refractivity contribution is 6.31. The highest BCUT2D eigenvalue weighted by Gasteiger charge is 2.27. The Morgan fingerprint density at radius 3 is 2.46 bits per heavy atom. The molecule has 1 aromatic heterocycles. The van der Waals surface area contributed by atoms with Gasteiger partial charge in [-0.3, -0.25) is 9.47 Å². The van der Waals surface area contributed by atoms with Crippen LogP contribution >= 0.6 is 11.6 Å². The van der Waals surface area contributed by atoms with E-state index in [0.717, 1.165) is 48.9 Å². The number of carbonyl (C=O) groups is 2. The molecule has 0 N–H and O–H groups in total. The van der Waals surface area contributed by atoms with Crippen LogP contribution in [0.4, 0.5) is 0 Å². The lowest BCUT2D eigenvalue weighted by Crippen LogP contribution is -2.50. The minimum Gasteiger partial charge on any atom is -0.310 e. The Morgan fingerprint density at radius 2 is 1.79 bits per heavy atom. The second-order valence-electron chi connectivity index (χ2n) is 7.12. The van der Waals surface area contributed by atoms with E-state index in [4.69, 9.17) is 11.6 Å². The van der Waals surface area contributed by atoms with E-state index < -0.39 is 0 Å². The third-order valence-electron chi connectivity index (χ3n) is 5.31. The topological polar surface area (TPSA) is 45.5 Å². The van der Waals surface area contributed by atoms with Gasteiger partial charge in [-0.2, -0.15) is 0 Å². The molecule has 0 bridgehead atoms. The lowest BCUT2D eigenvalue weighted by molar-refractivity contribution is -0.107. The van der Waals surface area contributed by atoms with Gasteiger partial charge in [-0.15, -0.1) is 0 Å². The van der Waals surface area contributed by atoms with Gasteiger partial charge in [0.05, 0.1) is 5.52 Å². The van der Waals surface area contributed by atoms with E-state index in [2.05, 4.69) is 17.0 Å². The summed E-state index contributed by atoms with van der Waals surface area (Å²) < 4.78 is 1.99. The Labute approximate surface area is 169 Å². The number of hydrogen-bond donors (Lipinski definition) is 0. The van der Waals surface area contributed by atoms with Crippen molar-refractivity contribution in [3.63, 3.8) is 0 Å². The van der Waals surface area contributed by atoms with Crippen LogP contribution < -0.4 is 5.01 Å². The Hall–Kier alpha value is -2.63. The molecule has 5 nitrogen and oxygen atoms in total. The first kappa shape index (κ1) is 18.7. The molecule has 0 atom stereocenters. The number of carbonyl (C=O) groups excluding carboxylic acids is 2. The third kappa shape index (κ3) is 3.32. The van der Waals surface area contributed by atoms with Crippen LogP contribution in [0.25, 0.3) is 10.9 Å². The molecule has 1 fully saturated rings. The van der Waals surface area contributed by atoms with Crippen molar-refractivity contribution in [2.24, 2.45) is 0 Å². The monoisotopic (exact) mass is 395 g/mol. The molecule has 2 aromatic carbocycles. The van der Waals surface area contributed by atoms with Crippen molar-refractivity contribution in [1.29, 1.82) is 0 Å². The molecule has 4 rings (SSSR count). The number of aromatic nitrogens is 1. The first-order valence-corrected chi connectivity index (χ1v) is 9.78. The van der Waals surface area contributed by atoms with Crippen LogP contribution in [-0.2, 0) is 11.2 Å². The zero-order valence-corrected chi connectivity index (χ0v) is 16.5. The van der Waals surface area contributed by atoms with Crippen LogP contribution in [0.2, 0.25) is 5.02 Å². The van der Waals surface area contributed by atoms with Gasteiger partial charge in [-0.25, -0.2) is 0 Å².